The van der Waals surface area contributed by atoms with Gasteiger partial charge in [-0.1, -0.05) is 35.0 Å². The SMILES string of the molecule is NCC#Cc1ccsc1C(=O)Nc1cc(Cl)c(F)c(Cl)c1. The van der Waals surface area contributed by atoms with Gasteiger partial charge in [-0.05, 0) is 23.6 Å². The van der Waals surface area contributed by atoms with Gasteiger partial charge in [0.1, 0.15) is 4.88 Å². The van der Waals surface area contributed by atoms with E-state index in [1.807, 2.05) is 0 Å². The van der Waals surface area contributed by atoms with Gasteiger partial charge in [-0.2, -0.15) is 0 Å². The third-order valence-electron chi connectivity index (χ3n) is 2.44. The standard InChI is InChI=1S/C14H9Cl2FN2OS/c15-10-6-9(7-11(16)12(10)17)19-14(20)13-8(2-1-4-18)3-5-21-13/h3,5-7H,4,18H2,(H,19,20). The number of rotatable bonds is 2. The highest BCUT2D eigenvalue weighted by molar-refractivity contribution is 7.12. The maximum Gasteiger partial charge on any atom is 0.267 e. The van der Waals surface area contributed by atoms with Crippen molar-refractivity contribution >= 4 is 46.1 Å². The van der Waals surface area contributed by atoms with Gasteiger partial charge in [-0.25, -0.2) is 4.39 Å². The van der Waals surface area contributed by atoms with E-state index in [1.54, 1.807) is 11.4 Å². The second kappa shape index (κ2) is 6.92. The maximum atomic E-state index is 13.3. The summed E-state index contributed by atoms with van der Waals surface area (Å²) in [5.41, 5.74) is 6.20. The van der Waals surface area contributed by atoms with Gasteiger partial charge in [0.15, 0.2) is 5.82 Å². The number of carbonyl (C=O) groups excluding carboxylic acids is 1. The molecule has 0 saturated heterocycles. The van der Waals surface area contributed by atoms with Gasteiger partial charge in [0.25, 0.3) is 5.91 Å². The molecule has 0 aliphatic rings. The molecule has 108 valence electrons. The van der Waals surface area contributed by atoms with Crippen molar-refractivity contribution < 1.29 is 9.18 Å². The van der Waals surface area contributed by atoms with Gasteiger partial charge < -0.3 is 11.1 Å². The molecule has 0 aliphatic carbocycles. The fourth-order valence-electron chi connectivity index (χ4n) is 1.55. The number of hydrogen-bond donors (Lipinski definition) is 2. The highest BCUT2D eigenvalue weighted by atomic mass is 35.5. The molecule has 0 atom stereocenters. The smallest absolute Gasteiger partial charge is 0.267 e. The first kappa shape index (κ1) is 15.8. The van der Waals surface area contributed by atoms with Crippen molar-refractivity contribution in [3.8, 4) is 11.8 Å². The van der Waals surface area contributed by atoms with Crippen molar-refractivity contribution in [3.63, 3.8) is 0 Å². The summed E-state index contributed by atoms with van der Waals surface area (Å²) in [7, 11) is 0. The molecule has 0 saturated carbocycles. The lowest BCUT2D eigenvalue weighted by Gasteiger charge is -2.06. The van der Waals surface area contributed by atoms with Crippen LogP contribution in [0.5, 0.6) is 0 Å². The molecule has 3 nitrogen and oxygen atoms in total. The summed E-state index contributed by atoms with van der Waals surface area (Å²) in [6.45, 7) is 0.208. The topological polar surface area (TPSA) is 55.1 Å². The minimum absolute atomic E-state index is 0.160. The summed E-state index contributed by atoms with van der Waals surface area (Å²) in [6.07, 6.45) is 0. The highest BCUT2D eigenvalue weighted by Gasteiger charge is 2.14. The Hall–Kier alpha value is -1.58. The number of anilines is 1. The monoisotopic (exact) mass is 342 g/mol. The van der Waals surface area contributed by atoms with Crippen LogP contribution in [0.25, 0.3) is 0 Å². The third kappa shape index (κ3) is 3.74. The Morgan fingerprint density at radius 3 is 2.67 bits per heavy atom. The predicted molar refractivity (Wildman–Crippen MR) is 84.6 cm³/mol. The second-order valence-corrected chi connectivity index (χ2v) is 5.61. The van der Waals surface area contributed by atoms with Crippen LogP contribution < -0.4 is 11.1 Å². The van der Waals surface area contributed by atoms with Gasteiger partial charge >= 0.3 is 0 Å². The fourth-order valence-corrected chi connectivity index (χ4v) is 2.78. The third-order valence-corrected chi connectivity index (χ3v) is 3.90. The average Bonchev–Trinajstić information content (AvgIpc) is 2.90. The molecule has 1 aromatic carbocycles. The largest absolute Gasteiger partial charge is 0.321 e. The quantitative estimate of drug-likeness (QED) is 0.644. The van der Waals surface area contributed by atoms with Crippen molar-refractivity contribution in [3.05, 3.63) is 49.9 Å². The normalized spacial score (nSPS) is 9.90. The predicted octanol–water partition coefficient (Wildman–Crippen LogP) is 3.76. The molecule has 3 N–H and O–H groups in total. The molecular formula is C14H9Cl2FN2OS. The van der Waals surface area contributed by atoms with E-state index in [2.05, 4.69) is 17.2 Å². The Kier molecular flexibility index (Phi) is 5.21. The first-order valence-corrected chi connectivity index (χ1v) is 7.38. The summed E-state index contributed by atoms with van der Waals surface area (Å²) in [6, 6.07) is 4.31. The van der Waals surface area contributed by atoms with E-state index in [9.17, 15) is 9.18 Å². The summed E-state index contributed by atoms with van der Waals surface area (Å²) in [5, 5.41) is 4.04. The molecule has 2 rings (SSSR count). The Morgan fingerprint density at radius 1 is 1.38 bits per heavy atom. The molecule has 7 heteroatoms. The van der Waals surface area contributed by atoms with Crippen molar-refractivity contribution in [2.75, 3.05) is 11.9 Å². The van der Waals surface area contributed by atoms with Gasteiger partial charge in [-0.15, -0.1) is 11.3 Å². The zero-order valence-electron chi connectivity index (χ0n) is 10.5. The number of benzene rings is 1. The van der Waals surface area contributed by atoms with E-state index in [-0.39, 0.29) is 22.5 Å². The minimum atomic E-state index is -0.720. The second-order valence-electron chi connectivity index (χ2n) is 3.88. The van der Waals surface area contributed by atoms with Gasteiger partial charge in [0, 0.05) is 11.3 Å². The van der Waals surface area contributed by atoms with Crippen LogP contribution in [0.15, 0.2) is 23.6 Å². The number of carbonyl (C=O) groups is 1. The molecule has 0 radical (unpaired) electrons. The van der Waals surface area contributed by atoms with Crippen molar-refractivity contribution in [1.29, 1.82) is 0 Å². The minimum Gasteiger partial charge on any atom is -0.321 e. The Balaban J connectivity index is 2.25. The van der Waals surface area contributed by atoms with Crippen LogP contribution in [0.2, 0.25) is 10.0 Å². The van der Waals surface area contributed by atoms with Crippen LogP contribution in [0.3, 0.4) is 0 Å². The van der Waals surface area contributed by atoms with E-state index in [1.165, 1.54) is 23.5 Å². The van der Waals surface area contributed by atoms with Gasteiger partial charge in [0.2, 0.25) is 0 Å². The number of nitrogens with two attached hydrogens (primary N) is 1. The molecule has 2 aromatic rings. The van der Waals surface area contributed by atoms with Crippen LogP contribution >= 0.6 is 34.5 Å². The Labute approximate surface area is 134 Å². The van der Waals surface area contributed by atoms with Crippen LogP contribution in [0.1, 0.15) is 15.2 Å². The first-order chi connectivity index (χ1) is 10.0. The number of nitrogens with one attached hydrogen (secondary N) is 1. The maximum absolute atomic E-state index is 13.3. The number of hydrogen-bond acceptors (Lipinski definition) is 3. The molecular weight excluding hydrogens is 334 g/mol. The van der Waals surface area contributed by atoms with Gasteiger partial charge in [0.05, 0.1) is 16.6 Å². The van der Waals surface area contributed by atoms with Crippen LogP contribution in [-0.2, 0) is 0 Å². The van der Waals surface area contributed by atoms with Crippen molar-refractivity contribution in [2.45, 2.75) is 0 Å². The van der Waals surface area contributed by atoms with Crippen molar-refractivity contribution in [1.82, 2.24) is 0 Å². The average molecular weight is 343 g/mol. The molecule has 0 fully saturated rings. The molecule has 21 heavy (non-hydrogen) atoms. The lowest BCUT2D eigenvalue weighted by atomic mass is 10.2. The van der Waals surface area contributed by atoms with Crippen LogP contribution in [0.4, 0.5) is 10.1 Å². The van der Waals surface area contributed by atoms with E-state index in [4.69, 9.17) is 28.9 Å². The summed E-state index contributed by atoms with van der Waals surface area (Å²) < 4.78 is 13.3. The Morgan fingerprint density at radius 2 is 2.05 bits per heavy atom. The van der Waals surface area contributed by atoms with E-state index in [0.717, 1.165) is 0 Å². The molecule has 0 unspecified atom stereocenters. The zero-order chi connectivity index (χ0) is 15.4. The van der Waals surface area contributed by atoms with Crippen LogP contribution in [-0.4, -0.2) is 12.5 Å². The molecule has 0 spiro atoms. The van der Waals surface area contributed by atoms with E-state index >= 15 is 0 Å². The highest BCUT2D eigenvalue weighted by Crippen LogP contribution is 2.28. The van der Waals surface area contributed by atoms with Gasteiger partial charge in [-0.3, -0.25) is 4.79 Å². The summed E-state index contributed by atoms with van der Waals surface area (Å²) in [5.74, 6) is 4.41. The van der Waals surface area contributed by atoms with E-state index in [0.29, 0.717) is 16.1 Å². The molecule has 1 aromatic heterocycles. The molecule has 1 amide bonds. The fraction of sp³-hybridized carbons (Fsp3) is 0.0714. The lowest BCUT2D eigenvalue weighted by Crippen LogP contribution is -2.11. The summed E-state index contributed by atoms with van der Waals surface area (Å²) >= 11 is 12.6. The number of halogens is 3. The number of amides is 1. The zero-order valence-corrected chi connectivity index (χ0v) is 12.9. The first-order valence-electron chi connectivity index (χ1n) is 5.75. The summed E-state index contributed by atoms with van der Waals surface area (Å²) in [4.78, 5) is 12.6. The molecule has 0 aliphatic heterocycles. The van der Waals surface area contributed by atoms with E-state index < -0.39 is 5.82 Å². The number of thiophene rings is 1. The molecule has 0 bridgehead atoms. The van der Waals surface area contributed by atoms with Crippen molar-refractivity contribution in [2.24, 2.45) is 5.73 Å². The Bertz CT molecular complexity index is 726. The lowest BCUT2D eigenvalue weighted by molar-refractivity contribution is 0.103. The van der Waals surface area contributed by atoms with Crippen LogP contribution in [0, 0.1) is 17.7 Å². The molecule has 1 heterocycles.